The van der Waals surface area contributed by atoms with Gasteiger partial charge in [0.25, 0.3) is 17.4 Å². The smallest absolute Gasteiger partial charge is 0.295 e. The van der Waals surface area contributed by atoms with Gasteiger partial charge in [-0.25, -0.2) is 0 Å². The summed E-state index contributed by atoms with van der Waals surface area (Å²) in [6, 6.07) is 17.3. The van der Waals surface area contributed by atoms with E-state index >= 15 is 0 Å². The normalized spacial score (nSPS) is 16.8. The first kappa shape index (κ1) is 24.8. The standard InChI is InChI=1S/C29H25N3O6/c1-17-7-9-18(10-8-17)27(33)25-26(21-5-3-4-6-24(21)32(36)37)31(29(35)28(25)34)14-13-19-16-30-23-12-11-20(38-2)15-22(19)23/h3-12,15-16,26,30,33H,13-14H2,1-2H3/b27-25-. The average molecular weight is 512 g/mol. The molecule has 38 heavy (non-hydrogen) atoms. The highest BCUT2D eigenvalue weighted by molar-refractivity contribution is 6.46. The Kier molecular flexibility index (Phi) is 6.42. The Hall–Kier alpha value is -4.92. The number of ketones is 1. The lowest BCUT2D eigenvalue weighted by Gasteiger charge is -2.25. The van der Waals surface area contributed by atoms with Crippen LogP contribution in [-0.2, 0) is 16.0 Å². The summed E-state index contributed by atoms with van der Waals surface area (Å²) >= 11 is 0. The van der Waals surface area contributed by atoms with Gasteiger partial charge >= 0.3 is 0 Å². The van der Waals surface area contributed by atoms with Crippen LogP contribution in [0.25, 0.3) is 16.7 Å². The predicted octanol–water partition coefficient (Wildman–Crippen LogP) is 5.06. The number of carbonyl (C=O) groups is 2. The van der Waals surface area contributed by atoms with Crippen LogP contribution in [0, 0.1) is 17.0 Å². The molecule has 0 spiro atoms. The van der Waals surface area contributed by atoms with Crippen molar-refractivity contribution in [2.24, 2.45) is 0 Å². The van der Waals surface area contributed by atoms with E-state index in [2.05, 4.69) is 4.98 Å². The molecule has 4 aromatic rings. The van der Waals surface area contributed by atoms with E-state index in [-0.39, 0.29) is 29.1 Å². The largest absolute Gasteiger partial charge is 0.507 e. The molecule has 5 rings (SSSR count). The number of aromatic amines is 1. The highest BCUT2D eigenvalue weighted by Gasteiger charge is 2.47. The van der Waals surface area contributed by atoms with Crippen molar-refractivity contribution in [3.8, 4) is 5.75 Å². The number of hydrogen-bond donors (Lipinski definition) is 2. The van der Waals surface area contributed by atoms with Crippen molar-refractivity contribution in [3.05, 3.63) is 111 Å². The Labute approximate surface area is 218 Å². The summed E-state index contributed by atoms with van der Waals surface area (Å²) in [6.07, 6.45) is 2.19. The number of aromatic nitrogens is 1. The predicted molar refractivity (Wildman–Crippen MR) is 142 cm³/mol. The number of nitro benzene ring substituents is 1. The summed E-state index contributed by atoms with van der Waals surface area (Å²) in [5.74, 6) is -1.39. The second-order valence-electron chi connectivity index (χ2n) is 9.15. The van der Waals surface area contributed by atoms with E-state index in [1.54, 1.807) is 37.4 Å². The molecule has 1 aliphatic rings. The molecule has 1 aliphatic heterocycles. The zero-order valence-corrected chi connectivity index (χ0v) is 20.8. The van der Waals surface area contributed by atoms with Gasteiger partial charge in [-0.05, 0) is 43.2 Å². The lowest BCUT2D eigenvalue weighted by atomic mass is 9.94. The highest BCUT2D eigenvalue weighted by Crippen LogP contribution is 2.42. The van der Waals surface area contributed by atoms with Crippen molar-refractivity contribution in [3.63, 3.8) is 0 Å². The third-order valence-corrected chi connectivity index (χ3v) is 6.89. The molecule has 1 atom stereocenters. The van der Waals surface area contributed by atoms with Crippen LogP contribution in [0.5, 0.6) is 5.75 Å². The molecular weight excluding hydrogens is 486 g/mol. The summed E-state index contributed by atoms with van der Waals surface area (Å²) in [4.78, 5) is 42.5. The number of amides is 1. The van der Waals surface area contributed by atoms with Crippen molar-refractivity contribution in [2.45, 2.75) is 19.4 Å². The number of benzene rings is 3. The van der Waals surface area contributed by atoms with Crippen LogP contribution in [0.4, 0.5) is 5.69 Å². The van der Waals surface area contributed by atoms with Gasteiger partial charge in [0.2, 0.25) is 0 Å². The summed E-state index contributed by atoms with van der Waals surface area (Å²) in [5, 5.41) is 24.0. The maximum absolute atomic E-state index is 13.3. The monoisotopic (exact) mass is 511 g/mol. The maximum Gasteiger partial charge on any atom is 0.295 e. The Morgan fingerprint density at radius 2 is 1.84 bits per heavy atom. The number of ether oxygens (including phenoxy) is 1. The van der Waals surface area contributed by atoms with E-state index in [1.807, 2.05) is 31.3 Å². The molecule has 1 amide bonds. The number of hydrogen-bond acceptors (Lipinski definition) is 6. The molecule has 0 bridgehead atoms. The van der Waals surface area contributed by atoms with E-state index in [4.69, 9.17) is 4.74 Å². The van der Waals surface area contributed by atoms with Crippen molar-refractivity contribution >= 4 is 34.0 Å². The molecule has 2 heterocycles. The first-order chi connectivity index (χ1) is 18.3. The molecule has 1 unspecified atom stereocenters. The third-order valence-electron chi connectivity index (χ3n) is 6.89. The lowest BCUT2D eigenvalue weighted by Crippen LogP contribution is -2.32. The number of likely N-dealkylation sites (tertiary alicyclic amines) is 1. The highest BCUT2D eigenvalue weighted by atomic mass is 16.6. The second kappa shape index (κ2) is 9.85. The number of aliphatic hydroxyl groups excluding tert-OH is 1. The molecule has 2 N–H and O–H groups in total. The molecule has 0 aliphatic carbocycles. The van der Waals surface area contributed by atoms with E-state index < -0.39 is 22.7 Å². The number of rotatable bonds is 7. The van der Waals surface area contributed by atoms with Crippen molar-refractivity contribution in [1.29, 1.82) is 0 Å². The molecule has 1 fully saturated rings. The number of H-pyrrole nitrogens is 1. The number of Topliss-reactive ketones (excluding diaryl/α,β-unsaturated/α-hetero) is 1. The number of methoxy groups -OCH3 is 1. The summed E-state index contributed by atoms with van der Waals surface area (Å²) in [6.45, 7) is 1.98. The van der Waals surface area contributed by atoms with Crippen molar-refractivity contribution in [1.82, 2.24) is 9.88 Å². The fourth-order valence-electron chi connectivity index (χ4n) is 4.92. The first-order valence-corrected chi connectivity index (χ1v) is 12.0. The minimum absolute atomic E-state index is 0.0934. The number of carbonyl (C=O) groups excluding carboxylic acids is 2. The molecule has 9 heteroatoms. The average Bonchev–Trinajstić information content (AvgIpc) is 3.44. The molecule has 3 aromatic carbocycles. The zero-order chi connectivity index (χ0) is 27.0. The number of aryl methyl sites for hydroxylation is 1. The van der Waals surface area contributed by atoms with Gasteiger partial charge in [-0.1, -0.05) is 42.0 Å². The van der Waals surface area contributed by atoms with Crippen LogP contribution in [0.2, 0.25) is 0 Å². The number of fused-ring (bicyclic) bond motifs is 1. The second-order valence-corrected chi connectivity index (χ2v) is 9.15. The van der Waals surface area contributed by atoms with E-state index in [1.165, 1.54) is 23.1 Å². The Balaban J connectivity index is 1.60. The number of aliphatic hydroxyl groups is 1. The van der Waals surface area contributed by atoms with Gasteiger partial charge in [0, 0.05) is 35.3 Å². The van der Waals surface area contributed by atoms with Crippen molar-refractivity contribution < 1.29 is 24.4 Å². The molecule has 1 saturated heterocycles. The quantitative estimate of drug-likeness (QED) is 0.117. The minimum atomic E-state index is -1.13. The van der Waals surface area contributed by atoms with Crippen LogP contribution in [0.15, 0.2) is 78.5 Å². The van der Waals surface area contributed by atoms with Crippen LogP contribution in [0.1, 0.15) is 28.3 Å². The lowest BCUT2D eigenvalue weighted by molar-refractivity contribution is -0.385. The molecular formula is C29H25N3O6. The van der Waals surface area contributed by atoms with Crippen LogP contribution in [0.3, 0.4) is 0 Å². The van der Waals surface area contributed by atoms with Gasteiger partial charge < -0.3 is 19.7 Å². The molecule has 1 aromatic heterocycles. The number of nitro groups is 1. The van der Waals surface area contributed by atoms with E-state index in [9.17, 15) is 24.8 Å². The van der Waals surface area contributed by atoms with E-state index in [0.29, 0.717) is 17.7 Å². The molecule has 0 saturated carbocycles. The molecule has 0 radical (unpaired) electrons. The Bertz CT molecular complexity index is 1600. The van der Waals surface area contributed by atoms with Gasteiger partial charge in [0.15, 0.2) is 0 Å². The van der Waals surface area contributed by atoms with Crippen LogP contribution < -0.4 is 4.74 Å². The van der Waals surface area contributed by atoms with Gasteiger partial charge in [0.05, 0.1) is 29.2 Å². The zero-order valence-electron chi connectivity index (χ0n) is 20.8. The number of nitrogens with one attached hydrogen (secondary N) is 1. The first-order valence-electron chi connectivity index (χ1n) is 12.0. The van der Waals surface area contributed by atoms with Crippen LogP contribution >= 0.6 is 0 Å². The summed E-state index contributed by atoms with van der Waals surface area (Å²) < 4.78 is 5.34. The Morgan fingerprint density at radius 3 is 2.55 bits per heavy atom. The van der Waals surface area contributed by atoms with Gasteiger partial charge in [-0.3, -0.25) is 19.7 Å². The fourth-order valence-corrected chi connectivity index (χ4v) is 4.92. The number of para-hydroxylation sites is 1. The van der Waals surface area contributed by atoms with Gasteiger partial charge in [0.1, 0.15) is 11.5 Å². The minimum Gasteiger partial charge on any atom is -0.507 e. The van der Waals surface area contributed by atoms with Gasteiger partial charge in [-0.15, -0.1) is 0 Å². The topological polar surface area (TPSA) is 126 Å². The van der Waals surface area contributed by atoms with E-state index in [0.717, 1.165) is 22.0 Å². The fraction of sp³-hybridized carbons (Fsp3) is 0.172. The third kappa shape index (κ3) is 4.28. The SMILES string of the molecule is COc1ccc2[nH]cc(CCN3C(=O)C(=O)/C(=C(\O)c4ccc(C)cc4)C3c3ccccc3[N+](=O)[O-])c2c1. The summed E-state index contributed by atoms with van der Waals surface area (Å²) in [7, 11) is 1.58. The number of nitrogens with zero attached hydrogens (tertiary/aromatic N) is 2. The van der Waals surface area contributed by atoms with Crippen LogP contribution in [-0.4, -0.2) is 45.3 Å². The molecule has 9 nitrogen and oxygen atoms in total. The Morgan fingerprint density at radius 1 is 1.11 bits per heavy atom. The van der Waals surface area contributed by atoms with Crippen molar-refractivity contribution in [2.75, 3.05) is 13.7 Å². The summed E-state index contributed by atoms with van der Waals surface area (Å²) in [5.41, 5.74) is 2.82. The molecule has 192 valence electrons. The maximum atomic E-state index is 13.3. The van der Waals surface area contributed by atoms with Gasteiger partial charge in [-0.2, -0.15) is 0 Å².